The van der Waals surface area contributed by atoms with Crippen LogP contribution in [0.3, 0.4) is 0 Å². The second kappa shape index (κ2) is 8.60. The number of hydrogen-bond donors (Lipinski definition) is 1. The molecule has 164 valence electrons. The topological polar surface area (TPSA) is 65.8 Å². The summed E-state index contributed by atoms with van der Waals surface area (Å²) in [4.78, 5) is 27.8. The van der Waals surface area contributed by atoms with E-state index in [4.69, 9.17) is 0 Å². The predicted molar refractivity (Wildman–Crippen MR) is 113 cm³/mol. The van der Waals surface area contributed by atoms with Crippen molar-refractivity contribution < 1.29 is 23.1 Å². The van der Waals surface area contributed by atoms with Crippen LogP contribution in [0.1, 0.15) is 10.4 Å². The fourth-order valence-electron chi connectivity index (χ4n) is 3.71. The summed E-state index contributed by atoms with van der Waals surface area (Å²) in [5.74, 6) is -4.11. The zero-order valence-corrected chi connectivity index (χ0v) is 17.3. The summed E-state index contributed by atoms with van der Waals surface area (Å²) in [6, 6.07) is 5.93. The van der Waals surface area contributed by atoms with Gasteiger partial charge >= 0.3 is 5.97 Å². The van der Waals surface area contributed by atoms with Crippen molar-refractivity contribution in [3.05, 3.63) is 69.8 Å². The van der Waals surface area contributed by atoms with Crippen LogP contribution in [0, 0.1) is 17.5 Å². The lowest BCUT2D eigenvalue weighted by atomic mass is 10.1. The first-order chi connectivity index (χ1) is 14.3. The Bertz CT molecular complexity index is 1220. The standard InChI is InChI=1S/C21H18F3N3O3.ClH/c1-25-5-7-26(8-6-25)19-16(23)10-14-18(17(19)24)27(11-15(20(14)28)21(29)30)13-4-2-3-12(22)9-13;/h2-4,9-11H,5-8H2,1H3,(H,29,30);1H. The lowest BCUT2D eigenvalue weighted by Gasteiger charge is -2.34. The highest BCUT2D eigenvalue weighted by Gasteiger charge is 2.27. The van der Waals surface area contributed by atoms with Gasteiger partial charge in [0.05, 0.1) is 10.9 Å². The van der Waals surface area contributed by atoms with E-state index in [1.54, 1.807) is 4.90 Å². The second-order valence-electron chi connectivity index (χ2n) is 7.23. The number of piperazine rings is 1. The molecule has 10 heteroatoms. The van der Waals surface area contributed by atoms with Gasteiger partial charge in [-0.05, 0) is 31.3 Å². The van der Waals surface area contributed by atoms with Crippen molar-refractivity contribution in [2.24, 2.45) is 0 Å². The summed E-state index contributed by atoms with van der Waals surface area (Å²) >= 11 is 0. The Morgan fingerprint density at radius 2 is 1.74 bits per heavy atom. The fourth-order valence-corrected chi connectivity index (χ4v) is 3.71. The highest BCUT2D eigenvalue weighted by atomic mass is 35.5. The smallest absolute Gasteiger partial charge is 0.341 e. The third-order valence-electron chi connectivity index (χ3n) is 5.29. The molecule has 4 rings (SSSR count). The number of aromatic carboxylic acids is 1. The van der Waals surface area contributed by atoms with Gasteiger partial charge in [-0.3, -0.25) is 4.79 Å². The van der Waals surface area contributed by atoms with E-state index >= 15 is 4.39 Å². The monoisotopic (exact) mass is 453 g/mol. The molecular weight excluding hydrogens is 435 g/mol. The van der Waals surface area contributed by atoms with E-state index in [-0.39, 0.29) is 29.3 Å². The Kier molecular flexibility index (Phi) is 6.28. The molecule has 0 aliphatic carbocycles. The van der Waals surface area contributed by atoms with E-state index in [1.807, 2.05) is 11.9 Å². The molecule has 1 N–H and O–H groups in total. The van der Waals surface area contributed by atoms with Gasteiger partial charge in [-0.2, -0.15) is 0 Å². The van der Waals surface area contributed by atoms with Crippen LogP contribution in [-0.2, 0) is 0 Å². The van der Waals surface area contributed by atoms with Crippen molar-refractivity contribution in [1.82, 2.24) is 9.47 Å². The first-order valence-corrected chi connectivity index (χ1v) is 9.28. The minimum Gasteiger partial charge on any atom is -0.477 e. The molecule has 0 unspecified atom stereocenters. The number of hydrogen-bond acceptors (Lipinski definition) is 4. The van der Waals surface area contributed by atoms with Crippen LogP contribution < -0.4 is 10.3 Å². The molecule has 0 radical (unpaired) electrons. The van der Waals surface area contributed by atoms with E-state index in [1.165, 1.54) is 18.2 Å². The molecule has 2 heterocycles. The number of pyridine rings is 1. The first kappa shape index (κ1) is 22.6. The summed E-state index contributed by atoms with van der Waals surface area (Å²) in [7, 11) is 1.90. The van der Waals surface area contributed by atoms with Crippen molar-refractivity contribution in [1.29, 1.82) is 0 Å². The zero-order chi connectivity index (χ0) is 21.6. The van der Waals surface area contributed by atoms with Gasteiger partial charge in [0.1, 0.15) is 22.9 Å². The summed E-state index contributed by atoms with van der Waals surface area (Å²) in [6.45, 7) is 1.97. The summed E-state index contributed by atoms with van der Waals surface area (Å²) in [5.41, 5.74) is -2.16. The molecule has 0 saturated carbocycles. The molecule has 0 bridgehead atoms. The molecule has 1 aliphatic heterocycles. The van der Waals surface area contributed by atoms with Crippen LogP contribution in [-0.4, -0.2) is 53.8 Å². The van der Waals surface area contributed by atoms with Gasteiger partial charge in [-0.1, -0.05) is 6.07 Å². The quantitative estimate of drug-likeness (QED) is 0.659. The second-order valence-corrected chi connectivity index (χ2v) is 7.23. The highest BCUT2D eigenvalue weighted by molar-refractivity contribution is 5.94. The predicted octanol–water partition coefficient (Wildman–Crippen LogP) is 3.28. The van der Waals surface area contributed by atoms with Crippen molar-refractivity contribution >= 4 is 35.0 Å². The molecule has 31 heavy (non-hydrogen) atoms. The van der Waals surface area contributed by atoms with Gasteiger partial charge in [-0.25, -0.2) is 18.0 Å². The molecule has 1 fully saturated rings. The molecule has 3 aromatic rings. The van der Waals surface area contributed by atoms with E-state index in [0.717, 1.165) is 22.9 Å². The number of rotatable bonds is 3. The Hall–Kier alpha value is -3.04. The van der Waals surface area contributed by atoms with Crippen LogP contribution in [0.2, 0.25) is 0 Å². The number of carboxylic acids is 1. The van der Waals surface area contributed by atoms with Crippen LogP contribution >= 0.6 is 12.4 Å². The van der Waals surface area contributed by atoms with Crippen molar-refractivity contribution in [2.45, 2.75) is 0 Å². The average Bonchev–Trinajstić information content (AvgIpc) is 2.70. The maximum absolute atomic E-state index is 15.7. The Morgan fingerprint density at radius 1 is 1.06 bits per heavy atom. The first-order valence-electron chi connectivity index (χ1n) is 9.28. The number of carboxylic acid groups (broad SMARTS) is 1. The summed E-state index contributed by atoms with van der Waals surface area (Å²) in [5, 5.41) is 8.96. The molecule has 1 saturated heterocycles. The molecule has 0 spiro atoms. The van der Waals surface area contributed by atoms with Gasteiger partial charge in [-0.15, -0.1) is 12.4 Å². The molecule has 2 aromatic carbocycles. The van der Waals surface area contributed by atoms with Gasteiger partial charge in [0.15, 0.2) is 5.82 Å². The maximum Gasteiger partial charge on any atom is 0.341 e. The average molecular weight is 454 g/mol. The number of fused-ring (bicyclic) bond motifs is 1. The normalized spacial score (nSPS) is 14.5. The number of likely N-dealkylation sites (N-methyl/N-ethyl adjacent to an activating group) is 1. The van der Waals surface area contributed by atoms with Crippen LogP contribution in [0.15, 0.2) is 41.3 Å². The third kappa shape index (κ3) is 3.98. The number of benzene rings is 2. The maximum atomic E-state index is 15.7. The minimum absolute atomic E-state index is 0. The zero-order valence-electron chi connectivity index (χ0n) is 16.4. The molecule has 1 aromatic heterocycles. The van der Waals surface area contributed by atoms with E-state index in [0.29, 0.717) is 26.2 Å². The Labute approximate surface area is 181 Å². The van der Waals surface area contributed by atoms with Gasteiger partial charge in [0, 0.05) is 38.1 Å². The van der Waals surface area contributed by atoms with Crippen LogP contribution in [0.5, 0.6) is 0 Å². The molecule has 6 nitrogen and oxygen atoms in total. The highest BCUT2D eigenvalue weighted by Crippen LogP contribution is 2.32. The Morgan fingerprint density at radius 3 is 2.35 bits per heavy atom. The van der Waals surface area contributed by atoms with E-state index in [2.05, 4.69) is 0 Å². The van der Waals surface area contributed by atoms with E-state index < -0.39 is 39.8 Å². The fraction of sp³-hybridized carbons (Fsp3) is 0.238. The molecular formula is C21H19ClF3N3O3. The van der Waals surface area contributed by atoms with E-state index in [9.17, 15) is 23.5 Å². The molecule has 1 aliphatic rings. The number of carbonyl (C=O) groups is 1. The van der Waals surface area contributed by atoms with Crippen LogP contribution in [0.4, 0.5) is 18.9 Å². The number of anilines is 1. The van der Waals surface area contributed by atoms with Gasteiger partial charge < -0.3 is 19.5 Å². The lowest BCUT2D eigenvalue weighted by Crippen LogP contribution is -2.45. The van der Waals surface area contributed by atoms with Gasteiger partial charge in [0.25, 0.3) is 0 Å². The van der Waals surface area contributed by atoms with Crippen molar-refractivity contribution in [2.75, 3.05) is 38.1 Å². The summed E-state index contributed by atoms with van der Waals surface area (Å²) < 4.78 is 45.5. The number of nitrogens with zero attached hydrogens (tertiary/aromatic N) is 3. The van der Waals surface area contributed by atoms with Gasteiger partial charge in [0.2, 0.25) is 5.43 Å². The van der Waals surface area contributed by atoms with Crippen molar-refractivity contribution in [3.63, 3.8) is 0 Å². The molecule has 0 atom stereocenters. The lowest BCUT2D eigenvalue weighted by molar-refractivity contribution is 0.0695. The summed E-state index contributed by atoms with van der Waals surface area (Å²) in [6.07, 6.45) is 0.941. The van der Waals surface area contributed by atoms with Crippen LogP contribution in [0.25, 0.3) is 16.6 Å². The van der Waals surface area contributed by atoms with Crippen molar-refractivity contribution in [3.8, 4) is 5.69 Å². The molecule has 0 amide bonds. The third-order valence-corrected chi connectivity index (χ3v) is 5.29. The number of aromatic nitrogens is 1. The SMILES string of the molecule is CN1CCN(c2c(F)cc3c(=O)c(C(=O)O)cn(-c4cccc(F)c4)c3c2F)CC1.Cl. The Balaban J connectivity index is 0.00000272. The minimum atomic E-state index is -1.55. The largest absolute Gasteiger partial charge is 0.477 e. The number of halogens is 4.